The largest absolute Gasteiger partial charge is 0.277 e. The molecule has 0 unspecified atom stereocenters. The first-order valence-corrected chi connectivity index (χ1v) is 4.08. The highest BCUT2D eigenvalue weighted by Crippen LogP contribution is 2.15. The van der Waals surface area contributed by atoms with Crippen LogP contribution in [0.4, 0.5) is 0 Å². The van der Waals surface area contributed by atoms with Crippen molar-refractivity contribution in [2.45, 2.75) is 20.8 Å². The van der Waals surface area contributed by atoms with Gasteiger partial charge in [-0.2, -0.15) is 5.26 Å². The number of benzene rings is 1. The summed E-state index contributed by atoms with van der Waals surface area (Å²) < 4.78 is 0. The maximum atomic E-state index is 11.1. The van der Waals surface area contributed by atoms with Crippen LogP contribution in [0.3, 0.4) is 0 Å². The first-order chi connectivity index (χ1) is 6.06. The molecule has 1 rings (SSSR count). The fourth-order valence-electron chi connectivity index (χ4n) is 1.23. The van der Waals surface area contributed by atoms with Crippen molar-refractivity contribution in [1.29, 1.82) is 5.26 Å². The minimum atomic E-state index is -0.466. The SMILES string of the molecule is Cc1cc(C(=O)C#N)cc(C)c1C. The Morgan fingerprint density at radius 3 is 2.08 bits per heavy atom. The molecular weight excluding hydrogens is 162 g/mol. The van der Waals surface area contributed by atoms with Gasteiger partial charge in [0, 0.05) is 5.56 Å². The zero-order valence-electron chi connectivity index (χ0n) is 8.01. The van der Waals surface area contributed by atoms with Crippen LogP contribution in [0.25, 0.3) is 0 Å². The number of carbonyl (C=O) groups is 1. The molecule has 0 spiro atoms. The summed E-state index contributed by atoms with van der Waals surface area (Å²) in [6.07, 6.45) is 0. The van der Waals surface area contributed by atoms with Crippen molar-refractivity contribution in [1.82, 2.24) is 0 Å². The lowest BCUT2D eigenvalue weighted by atomic mass is 9.99. The van der Waals surface area contributed by atoms with Crippen molar-refractivity contribution in [2.75, 3.05) is 0 Å². The standard InChI is InChI=1S/C11H11NO/c1-7-4-10(11(13)6-12)5-8(2)9(7)3/h4-5H,1-3H3. The Morgan fingerprint density at radius 2 is 1.69 bits per heavy atom. The van der Waals surface area contributed by atoms with E-state index in [1.165, 1.54) is 5.56 Å². The molecule has 66 valence electrons. The predicted molar refractivity (Wildman–Crippen MR) is 50.6 cm³/mol. The van der Waals surface area contributed by atoms with E-state index < -0.39 is 5.78 Å². The quantitative estimate of drug-likeness (QED) is 0.483. The maximum absolute atomic E-state index is 11.1. The second kappa shape index (κ2) is 3.40. The van der Waals surface area contributed by atoms with Gasteiger partial charge in [0.2, 0.25) is 0 Å². The van der Waals surface area contributed by atoms with E-state index in [0.717, 1.165) is 11.1 Å². The molecule has 0 amide bonds. The Hall–Kier alpha value is -1.62. The van der Waals surface area contributed by atoms with E-state index in [1.807, 2.05) is 20.8 Å². The molecule has 0 aromatic heterocycles. The van der Waals surface area contributed by atoms with E-state index in [2.05, 4.69) is 0 Å². The van der Waals surface area contributed by atoms with Gasteiger partial charge in [-0.3, -0.25) is 4.79 Å². The molecule has 0 aliphatic rings. The molecular formula is C11H11NO. The average molecular weight is 173 g/mol. The Bertz CT molecular complexity index is 376. The van der Waals surface area contributed by atoms with Gasteiger partial charge >= 0.3 is 0 Å². The number of rotatable bonds is 1. The van der Waals surface area contributed by atoms with Gasteiger partial charge in [0.05, 0.1) is 0 Å². The molecule has 0 saturated heterocycles. The topological polar surface area (TPSA) is 40.9 Å². The molecule has 0 N–H and O–H groups in total. The molecule has 0 bridgehead atoms. The molecule has 1 aromatic rings. The van der Waals surface area contributed by atoms with E-state index in [-0.39, 0.29) is 0 Å². The lowest BCUT2D eigenvalue weighted by molar-refractivity contribution is 0.105. The summed E-state index contributed by atoms with van der Waals surface area (Å²) in [7, 11) is 0. The van der Waals surface area contributed by atoms with Crippen molar-refractivity contribution in [3.8, 4) is 6.07 Å². The van der Waals surface area contributed by atoms with Crippen LogP contribution in [0.1, 0.15) is 27.0 Å². The lowest BCUT2D eigenvalue weighted by Gasteiger charge is -2.05. The summed E-state index contributed by atoms with van der Waals surface area (Å²) in [5.41, 5.74) is 3.77. The van der Waals surface area contributed by atoms with E-state index in [0.29, 0.717) is 5.56 Å². The minimum absolute atomic E-state index is 0.466. The van der Waals surface area contributed by atoms with E-state index in [4.69, 9.17) is 5.26 Å². The first-order valence-electron chi connectivity index (χ1n) is 4.08. The smallest absolute Gasteiger partial charge is 0.262 e. The number of nitriles is 1. The van der Waals surface area contributed by atoms with Crippen molar-refractivity contribution in [2.24, 2.45) is 0 Å². The summed E-state index contributed by atoms with van der Waals surface area (Å²) in [6, 6.07) is 5.13. The molecule has 0 aliphatic carbocycles. The van der Waals surface area contributed by atoms with Gasteiger partial charge in [-0.15, -0.1) is 0 Å². The van der Waals surface area contributed by atoms with Crippen LogP contribution >= 0.6 is 0 Å². The van der Waals surface area contributed by atoms with Crippen molar-refractivity contribution in [3.05, 3.63) is 34.4 Å². The number of ketones is 1. The van der Waals surface area contributed by atoms with Gasteiger partial charge < -0.3 is 0 Å². The van der Waals surface area contributed by atoms with Crippen molar-refractivity contribution in [3.63, 3.8) is 0 Å². The zero-order valence-corrected chi connectivity index (χ0v) is 8.01. The van der Waals surface area contributed by atoms with Gasteiger partial charge in [0.1, 0.15) is 6.07 Å². The van der Waals surface area contributed by atoms with E-state index >= 15 is 0 Å². The predicted octanol–water partition coefficient (Wildman–Crippen LogP) is 2.32. The Labute approximate surface area is 77.8 Å². The Balaban J connectivity index is 3.30. The average Bonchev–Trinajstić information content (AvgIpc) is 2.12. The Morgan fingerprint density at radius 1 is 1.23 bits per heavy atom. The molecule has 2 nitrogen and oxygen atoms in total. The van der Waals surface area contributed by atoms with Crippen LogP contribution < -0.4 is 0 Å². The highest BCUT2D eigenvalue weighted by Gasteiger charge is 2.07. The number of aryl methyl sites for hydroxylation is 2. The van der Waals surface area contributed by atoms with Crippen molar-refractivity contribution >= 4 is 5.78 Å². The summed E-state index contributed by atoms with van der Waals surface area (Å²) in [6.45, 7) is 5.89. The van der Waals surface area contributed by atoms with Crippen LogP contribution in [0, 0.1) is 32.1 Å². The molecule has 1 aromatic carbocycles. The molecule has 2 heteroatoms. The summed E-state index contributed by atoms with van der Waals surface area (Å²) in [4.78, 5) is 11.1. The highest BCUT2D eigenvalue weighted by molar-refractivity contribution is 6.07. The highest BCUT2D eigenvalue weighted by atomic mass is 16.1. The number of hydrogen-bond acceptors (Lipinski definition) is 2. The molecule has 0 fully saturated rings. The second-order valence-corrected chi connectivity index (χ2v) is 3.18. The van der Waals surface area contributed by atoms with Gasteiger partial charge in [0.25, 0.3) is 5.78 Å². The van der Waals surface area contributed by atoms with Gasteiger partial charge in [-0.1, -0.05) is 0 Å². The third kappa shape index (κ3) is 1.75. The van der Waals surface area contributed by atoms with Crippen LogP contribution in [-0.4, -0.2) is 5.78 Å². The summed E-state index contributed by atoms with van der Waals surface area (Å²) >= 11 is 0. The maximum Gasteiger partial charge on any atom is 0.262 e. The van der Waals surface area contributed by atoms with Crippen LogP contribution in [0.5, 0.6) is 0 Å². The fraction of sp³-hybridized carbons (Fsp3) is 0.273. The molecule has 0 heterocycles. The normalized spacial score (nSPS) is 9.38. The summed E-state index contributed by atoms with van der Waals surface area (Å²) in [5, 5.41) is 8.44. The lowest BCUT2D eigenvalue weighted by Crippen LogP contribution is -1.98. The minimum Gasteiger partial charge on any atom is -0.277 e. The third-order valence-electron chi connectivity index (χ3n) is 2.29. The van der Waals surface area contributed by atoms with Gasteiger partial charge in [-0.05, 0) is 49.6 Å². The number of hydrogen-bond donors (Lipinski definition) is 0. The number of carbonyl (C=O) groups excluding carboxylic acids is 1. The van der Waals surface area contributed by atoms with E-state index in [9.17, 15) is 4.79 Å². The zero-order chi connectivity index (χ0) is 10.0. The monoisotopic (exact) mass is 173 g/mol. The molecule has 0 saturated carbocycles. The van der Waals surface area contributed by atoms with Gasteiger partial charge in [0.15, 0.2) is 0 Å². The van der Waals surface area contributed by atoms with E-state index in [1.54, 1.807) is 18.2 Å². The van der Waals surface area contributed by atoms with Gasteiger partial charge in [-0.25, -0.2) is 0 Å². The number of Topliss-reactive ketones (excluding diaryl/α,β-unsaturated/α-hetero) is 1. The first kappa shape index (κ1) is 9.47. The fourth-order valence-corrected chi connectivity index (χ4v) is 1.23. The molecule has 0 atom stereocenters. The molecule has 13 heavy (non-hydrogen) atoms. The number of nitrogens with zero attached hydrogens (tertiary/aromatic N) is 1. The van der Waals surface area contributed by atoms with Crippen LogP contribution in [-0.2, 0) is 0 Å². The van der Waals surface area contributed by atoms with Crippen molar-refractivity contribution < 1.29 is 4.79 Å². The summed E-state index contributed by atoms with van der Waals surface area (Å²) in [5.74, 6) is -0.466. The van der Waals surface area contributed by atoms with Crippen LogP contribution in [0.15, 0.2) is 12.1 Å². The Kier molecular flexibility index (Phi) is 2.48. The van der Waals surface area contributed by atoms with Crippen LogP contribution in [0.2, 0.25) is 0 Å². The second-order valence-electron chi connectivity index (χ2n) is 3.18. The molecule has 0 aliphatic heterocycles. The molecule has 0 radical (unpaired) electrons. The third-order valence-corrected chi connectivity index (χ3v) is 2.29.